The average Bonchev–Trinajstić information content (AvgIpc) is 2.70. The number of ether oxygens (including phenoxy) is 4. The van der Waals surface area contributed by atoms with Crippen molar-refractivity contribution in [2.45, 2.75) is 6.92 Å². The Morgan fingerprint density at radius 2 is 1.46 bits per heavy atom. The Labute approximate surface area is 164 Å². The number of benzene rings is 2. The van der Waals surface area contributed by atoms with E-state index in [-0.39, 0.29) is 0 Å². The molecule has 0 aliphatic heterocycles. The highest BCUT2D eigenvalue weighted by Gasteiger charge is 2.13. The van der Waals surface area contributed by atoms with Crippen LogP contribution >= 0.6 is 0 Å². The van der Waals surface area contributed by atoms with E-state index >= 15 is 0 Å². The fourth-order valence-corrected chi connectivity index (χ4v) is 2.63. The lowest BCUT2D eigenvalue weighted by atomic mass is 10.2. The summed E-state index contributed by atoms with van der Waals surface area (Å²) in [6.07, 6.45) is 1.53. The maximum Gasteiger partial charge on any atom is 0.163 e. The first-order chi connectivity index (χ1) is 13.7. The molecule has 0 bridgehead atoms. The molecule has 0 aliphatic carbocycles. The number of hydrogen-bond acceptors (Lipinski definition) is 7. The molecule has 0 spiro atoms. The predicted octanol–water partition coefficient (Wildman–Crippen LogP) is 3.73. The van der Waals surface area contributed by atoms with Crippen LogP contribution < -0.4 is 14.8 Å². The van der Waals surface area contributed by atoms with Crippen LogP contribution in [-0.2, 0) is 9.47 Å². The molecule has 0 aliphatic rings. The highest BCUT2D eigenvalue weighted by Crippen LogP contribution is 2.35. The third-order valence-corrected chi connectivity index (χ3v) is 4.11. The molecule has 7 heteroatoms. The molecule has 0 amide bonds. The standard InChI is InChI=1S/C21H25N3O4/c1-15-4-6-16(7-5-15)24-21-17-12-19(27-10-8-25-2)20(28-11-9-26-3)13-18(17)22-14-23-21/h4-7,12-14H,8-11H2,1-3H3,(H,22,23,24). The number of rotatable bonds is 10. The van der Waals surface area contributed by atoms with Crippen molar-refractivity contribution in [3.63, 3.8) is 0 Å². The van der Waals surface area contributed by atoms with E-state index in [1.165, 1.54) is 11.9 Å². The smallest absolute Gasteiger partial charge is 0.163 e. The van der Waals surface area contributed by atoms with Crippen LogP contribution in [0.25, 0.3) is 10.9 Å². The summed E-state index contributed by atoms with van der Waals surface area (Å²) in [4.78, 5) is 8.79. The van der Waals surface area contributed by atoms with Gasteiger partial charge in [0.15, 0.2) is 11.5 Å². The van der Waals surface area contributed by atoms with Gasteiger partial charge in [0.2, 0.25) is 0 Å². The number of fused-ring (bicyclic) bond motifs is 1. The molecule has 1 aromatic heterocycles. The fraction of sp³-hybridized carbons (Fsp3) is 0.333. The largest absolute Gasteiger partial charge is 0.487 e. The molecule has 0 fully saturated rings. The van der Waals surface area contributed by atoms with Gasteiger partial charge in [0, 0.05) is 31.4 Å². The minimum atomic E-state index is 0.414. The zero-order valence-corrected chi connectivity index (χ0v) is 16.4. The molecule has 0 unspecified atom stereocenters. The second kappa shape index (κ2) is 9.87. The molecule has 2 aromatic carbocycles. The van der Waals surface area contributed by atoms with Gasteiger partial charge in [0.05, 0.1) is 18.7 Å². The van der Waals surface area contributed by atoms with Crippen molar-refractivity contribution >= 4 is 22.4 Å². The van der Waals surface area contributed by atoms with Crippen LogP contribution in [0.1, 0.15) is 5.56 Å². The van der Waals surface area contributed by atoms with Crippen molar-refractivity contribution in [1.82, 2.24) is 9.97 Å². The lowest BCUT2D eigenvalue weighted by Crippen LogP contribution is -2.09. The molecule has 3 rings (SSSR count). The molecule has 0 saturated heterocycles. The van der Waals surface area contributed by atoms with Gasteiger partial charge in [-0.05, 0) is 25.1 Å². The van der Waals surface area contributed by atoms with Gasteiger partial charge in [-0.3, -0.25) is 0 Å². The van der Waals surface area contributed by atoms with Gasteiger partial charge < -0.3 is 24.3 Å². The van der Waals surface area contributed by atoms with E-state index in [4.69, 9.17) is 18.9 Å². The first-order valence-corrected chi connectivity index (χ1v) is 9.07. The van der Waals surface area contributed by atoms with E-state index in [1.807, 2.05) is 36.4 Å². The highest BCUT2D eigenvalue weighted by molar-refractivity contribution is 5.93. The number of aryl methyl sites for hydroxylation is 1. The van der Waals surface area contributed by atoms with Gasteiger partial charge in [-0.2, -0.15) is 0 Å². The molecule has 0 saturated carbocycles. The summed E-state index contributed by atoms with van der Waals surface area (Å²) in [5.74, 6) is 1.93. The Morgan fingerprint density at radius 1 is 0.821 bits per heavy atom. The Kier molecular flexibility index (Phi) is 7.00. The summed E-state index contributed by atoms with van der Waals surface area (Å²) < 4.78 is 21.8. The predicted molar refractivity (Wildman–Crippen MR) is 109 cm³/mol. The molecular formula is C21H25N3O4. The van der Waals surface area contributed by atoms with Crippen molar-refractivity contribution in [3.8, 4) is 11.5 Å². The summed E-state index contributed by atoms with van der Waals surface area (Å²) in [5, 5.41) is 4.19. The number of nitrogens with zero attached hydrogens (tertiary/aromatic N) is 2. The molecule has 1 heterocycles. The number of aromatic nitrogens is 2. The van der Waals surface area contributed by atoms with Crippen LogP contribution in [0.3, 0.4) is 0 Å². The molecule has 148 valence electrons. The zero-order chi connectivity index (χ0) is 19.8. The van der Waals surface area contributed by atoms with E-state index in [1.54, 1.807) is 14.2 Å². The van der Waals surface area contributed by atoms with Crippen LogP contribution in [-0.4, -0.2) is 50.6 Å². The van der Waals surface area contributed by atoms with E-state index in [2.05, 4.69) is 22.2 Å². The lowest BCUT2D eigenvalue weighted by molar-refractivity contribution is 0.132. The van der Waals surface area contributed by atoms with E-state index in [9.17, 15) is 0 Å². The van der Waals surface area contributed by atoms with E-state index in [0.29, 0.717) is 43.7 Å². The van der Waals surface area contributed by atoms with Crippen molar-refractivity contribution in [3.05, 3.63) is 48.3 Å². The monoisotopic (exact) mass is 383 g/mol. The fourth-order valence-electron chi connectivity index (χ4n) is 2.63. The van der Waals surface area contributed by atoms with Crippen molar-refractivity contribution in [2.75, 3.05) is 46.0 Å². The Bertz CT molecular complexity index is 900. The van der Waals surface area contributed by atoms with Crippen molar-refractivity contribution in [1.29, 1.82) is 0 Å². The lowest BCUT2D eigenvalue weighted by Gasteiger charge is -2.15. The second-order valence-corrected chi connectivity index (χ2v) is 6.21. The van der Waals surface area contributed by atoms with Crippen LogP contribution in [0.5, 0.6) is 11.5 Å². The molecule has 0 radical (unpaired) electrons. The molecule has 28 heavy (non-hydrogen) atoms. The third-order valence-electron chi connectivity index (χ3n) is 4.11. The minimum Gasteiger partial charge on any atom is -0.487 e. The van der Waals surface area contributed by atoms with Gasteiger partial charge in [-0.1, -0.05) is 17.7 Å². The van der Waals surface area contributed by atoms with Crippen LogP contribution in [0.4, 0.5) is 11.5 Å². The normalized spacial score (nSPS) is 10.8. The number of anilines is 2. The average molecular weight is 383 g/mol. The van der Waals surface area contributed by atoms with Gasteiger partial charge in [-0.15, -0.1) is 0 Å². The Balaban J connectivity index is 1.94. The van der Waals surface area contributed by atoms with Crippen molar-refractivity contribution in [2.24, 2.45) is 0 Å². The van der Waals surface area contributed by atoms with Gasteiger partial charge in [-0.25, -0.2) is 9.97 Å². The number of methoxy groups -OCH3 is 2. The van der Waals surface area contributed by atoms with Crippen molar-refractivity contribution < 1.29 is 18.9 Å². The molecule has 0 atom stereocenters. The van der Waals surface area contributed by atoms with Gasteiger partial charge >= 0.3 is 0 Å². The summed E-state index contributed by atoms with van der Waals surface area (Å²) in [6.45, 7) is 3.85. The van der Waals surface area contributed by atoms with E-state index in [0.717, 1.165) is 16.6 Å². The molecule has 3 aromatic rings. The number of nitrogens with one attached hydrogen (secondary N) is 1. The summed E-state index contributed by atoms with van der Waals surface area (Å²) in [6, 6.07) is 11.9. The molecule has 7 nitrogen and oxygen atoms in total. The van der Waals surface area contributed by atoms with Crippen LogP contribution in [0.15, 0.2) is 42.7 Å². The third kappa shape index (κ3) is 5.09. The van der Waals surface area contributed by atoms with Crippen LogP contribution in [0, 0.1) is 6.92 Å². The highest BCUT2D eigenvalue weighted by atomic mass is 16.5. The van der Waals surface area contributed by atoms with E-state index < -0.39 is 0 Å². The Hall–Kier alpha value is -2.90. The first kappa shape index (κ1) is 19.9. The number of hydrogen-bond donors (Lipinski definition) is 1. The molecule has 1 N–H and O–H groups in total. The topological polar surface area (TPSA) is 74.7 Å². The maximum atomic E-state index is 5.86. The van der Waals surface area contributed by atoms with Crippen LogP contribution in [0.2, 0.25) is 0 Å². The Morgan fingerprint density at radius 3 is 2.11 bits per heavy atom. The van der Waals surface area contributed by atoms with Gasteiger partial charge in [0.25, 0.3) is 0 Å². The summed E-state index contributed by atoms with van der Waals surface area (Å²) in [5.41, 5.74) is 2.91. The van der Waals surface area contributed by atoms with Gasteiger partial charge in [0.1, 0.15) is 25.4 Å². The SMILES string of the molecule is COCCOc1cc2ncnc(Nc3ccc(C)cc3)c2cc1OCCOC. The quantitative estimate of drug-likeness (QED) is 0.535. The second-order valence-electron chi connectivity index (χ2n) is 6.21. The summed E-state index contributed by atoms with van der Waals surface area (Å²) >= 11 is 0. The maximum absolute atomic E-state index is 5.86. The zero-order valence-electron chi connectivity index (χ0n) is 16.4. The first-order valence-electron chi connectivity index (χ1n) is 9.07. The minimum absolute atomic E-state index is 0.414. The molecular weight excluding hydrogens is 358 g/mol. The summed E-state index contributed by atoms with van der Waals surface area (Å²) in [7, 11) is 3.27.